The molecule has 0 spiro atoms. The highest BCUT2D eigenvalue weighted by atomic mass is 16.5. The second-order valence-corrected chi connectivity index (χ2v) is 2.33. The molecule has 1 radical (unpaired) electrons. The molecule has 4 heteroatoms. The fraction of sp³-hybridized carbons (Fsp3) is 0.889. The van der Waals surface area contributed by atoms with Crippen molar-refractivity contribution in [2.45, 2.75) is 6.92 Å². The molecule has 4 nitrogen and oxygen atoms in total. The van der Waals surface area contributed by atoms with Crippen molar-refractivity contribution in [2.75, 3.05) is 46.2 Å². The van der Waals surface area contributed by atoms with Crippen LogP contribution in [-0.2, 0) is 18.9 Å². The molecule has 0 saturated carbocycles. The third-order valence-corrected chi connectivity index (χ3v) is 1.32. The number of rotatable bonds is 10. The Balaban J connectivity index is 2.76. The quantitative estimate of drug-likeness (QED) is 0.480. The average Bonchev–Trinajstić information content (AvgIpc) is 2.16. The van der Waals surface area contributed by atoms with Gasteiger partial charge >= 0.3 is 0 Å². The average molecular weight is 191 g/mol. The third kappa shape index (κ3) is 11.8. The van der Waals surface area contributed by atoms with Crippen LogP contribution >= 0.6 is 0 Å². The van der Waals surface area contributed by atoms with E-state index in [1.54, 1.807) is 0 Å². The van der Waals surface area contributed by atoms with Gasteiger partial charge in [-0.2, -0.15) is 0 Å². The van der Waals surface area contributed by atoms with Crippen LogP contribution in [0.15, 0.2) is 0 Å². The van der Waals surface area contributed by atoms with Gasteiger partial charge in [0.2, 0.25) is 0 Å². The fourth-order valence-electron chi connectivity index (χ4n) is 0.702. The summed E-state index contributed by atoms with van der Waals surface area (Å²) in [6.07, 6.45) is 0. The molecule has 0 aliphatic carbocycles. The Morgan fingerprint density at radius 3 is 1.69 bits per heavy atom. The first-order valence-electron chi connectivity index (χ1n) is 4.52. The molecule has 79 valence electrons. The summed E-state index contributed by atoms with van der Waals surface area (Å²) in [5.41, 5.74) is 0. The van der Waals surface area contributed by atoms with Gasteiger partial charge in [0.1, 0.15) is 0 Å². The van der Waals surface area contributed by atoms with Crippen LogP contribution in [-0.4, -0.2) is 46.2 Å². The van der Waals surface area contributed by atoms with Crippen molar-refractivity contribution in [1.29, 1.82) is 0 Å². The molecular formula is C9H19O4. The lowest BCUT2D eigenvalue weighted by atomic mass is 10.7. The summed E-state index contributed by atoms with van der Waals surface area (Å²) in [5.74, 6) is 0. The minimum absolute atomic E-state index is 0.527. The van der Waals surface area contributed by atoms with Crippen LogP contribution in [0.3, 0.4) is 0 Å². The second kappa shape index (κ2) is 11.8. The SMILES string of the molecule is [CH2]OCCOCCOCCOCC. The van der Waals surface area contributed by atoms with Crippen molar-refractivity contribution < 1.29 is 18.9 Å². The minimum atomic E-state index is 0.527. The lowest BCUT2D eigenvalue weighted by Crippen LogP contribution is -2.11. The molecule has 13 heavy (non-hydrogen) atoms. The van der Waals surface area contributed by atoms with E-state index >= 15 is 0 Å². The number of hydrogen-bond acceptors (Lipinski definition) is 4. The first-order chi connectivity index (χ1) is 6.41. The Morgan fingerprint density at radius 1 is 0.769 bits per heavy atom. The van der Waals surface area contributed by atoms with Gasteiger partial charge in [-0.3, -0.25) is 0 Å². The van der Waals surface area contributed by atoms with Gasteiger partial charge in [-0.05, 0) is 6.92 Å². The van der Waals surface area contributed by atoms with Crippen molar-refractivity contribution in [1.82, 2.24) is 0 Å². The first-order valence-corrected chi connectivity index (χ1v) is 4.52. The molecule has 0 aliphatic rings. The van der Waals surface area contributed by atoms with Crippen molar-refractivity contribution in [3.63, 3.8) is 0 Å². The summed E-state index contributed by atoms with van der Waals surface area (Å²) in [7, 11) is 3.23. The van der Waals surface area contributed by atoms with Gasteiger partial charge in [-0.15, -0.1) is 0 Å². The summed E-state index contributed by atoms with van der Waals surface area (Å²) in [5, 5.41) is 0. The van der Waals surface area contributed by atoms with Crippen LogP contribution in [0.5, 0.6) is 0 Å². The topological polar surface area (TPSA) is 36.9 Å². The van der Waals surface area contributed by atoms with Crippen LogP contribution in [0.4, 0.5) is 0 Å². The van der Waals surface area contributed by atoms with E-state index in [1.165, 1.54) is 0 Å². The smallest absolute Gasteiger partial charge is 0.0701 e. The molecule has 0 aromatic carbocycles. The summed E-state index contributed by atoms with van der Waals surface area (Å²) in [6.45, 7) is 6.26. The molecule has 0 rings (SSSR count). The predicted molar refractivity (Wildman–Crippen MR) is 49.4 cm³/mol. The van der Waals surface area contributed by atoms with Gasteiger partial charge in [0, 0.05) is 6.61 Å². The Kier molecular flexibility index (Phi) is 11.7. The van der Waals surface area contributed by atoms with Gasteiger partial charge in [0.15, 0.2) is 0 Å². The maximum Gasteiger partial charge on any atom is 0.0701 e. The van der Waals surface area contributed by atoms with Gasteiger partial charge in [0.25, 0.3) is 0 Å². The van der Waals surface area contributed by atoms with Crippen LogP contribution < -0.4 is 0 Å². The number of hydrogen-bond donors (Lipinski definition) is 0. The highest BCUT2D eigenvalue weighted by Gasteiger charge is 1.89. The Morgan fingerprint density at radius 2 is 1.23 bits per heavy atom. The zero-order valence-corrected chi connectivity index (χ0v) is 8.29. The number of ether oxygens (including phenoxy) is 4. The largest absolute Gasteiger partial charge is 0.379 e. The van der Waals surface area contributed by atoms with Gasteiger partial charge < -0.3 is 18.9 Å². The molecule has 0 fully saturated rings. The highest BCUT2D eigenvalue weighted by Crippen LogP contribution is 1.81. The summed E-state index contributed by atoms with van der Waals surface area (Å²) in [6, 6.07) is 0. The zero-order valence-electron chi connectivity index (χ0n) is 8.29. The van der Waals surface area contributed by atoms with E-state index in [-0.39, 0.29) is 0 Å². The molecule has 0 N–H and O–H groups in total. The second-order valence-electron chi connectivity index (χ2n) is 2.33. The van der Waals surface area contributed by atoms with Gasteiger partial charge in [0.05, 0.1) is 46.8 Å². The van der Waals surface area contributed by atoms with Crippen molar-refractivity contribution in [3.8, 4) is 0 Å². The Bertz CT molecular complexity index is 77.7. The summed E-state index contributed by atoms with van der Waals surface area (Å²) in [4.78, 5) is 0. The van der Waals surface area contributed by atoms with Crippen molar-refractivity contribution in [2.24, 2.45) is 0 Å². The molecule has 0 saturated heterocycles. The van der Waals surface area contributed by atoms with E-state index in [9.17, 15) is 0 Å². The molecule has 0 aromatic rings. The summed E-state index contributed by atoms with van der Waals surface area (Å²) < 4.78 is 20.0. The molecule has 0 aliphatic heterocycles. The lowest BCUT2D eigenvalue weighted by Gasteiger charge is -2.05. The maximum absolute atomic E-state index is 5.21. The zero-order chi connectivity index (χ0) is 9.78. The van der Waals surface area contributed by atoms with Crippen LogP contribution in [0.25, 0.3) is 0 Å². The minimum Gasteiger partial charge on any atom is -0.379 e. The molecule has 0 unspecified atom stereocenters. The van der Waals surface area contributed by atoms with Crippen molar-refractivity contribution in [3.05, 3.63) is 7.11 Å². The van der Waals surface area contributed by atoms with E-state index in [0.717, 1.165) is 6.61 Å². The fourth-order valence-corrected chi connectivity index (χ4v) is 0.702. The summed E-state index contributed by atoms with van der Waals surface area (Å²) >= 11 is 0. The predicted octanol–water partition coefficient (Wildman–Crippen LogP) is 0.864. The van der Waals surface area contributed by atoms with E-state index in [0.29, 0.717) is 39.6 Å². The van der Waals surface area contributed by atoms with E-state index in [1.807, 2.05) is 6.92 Å². The molecule has 0 heterocycles. The molecule has 0 aromatic heterocycles. The third-order valence-electron chi connectivity index (χ3n) is 1.32. The van der Waals surface area contributed by atoms with E-state index in [2.05, 4.69) is 11.8 Å². The molecular weight excluding hydrogens is 172 g/mol. The standard InChI is InChI=1S/C9H19O4/c1-3-11-6-7-13-9-8-12-5-4-10-2/h2-9H2,1H3. The molecule has 0 amide bonds. The molecule has 0 atom stereocenters. The first kappa shape index (κ1) is 12.8. The van der Waals surface area contributed by atoms with Crippen molar-refractivity contribution >= 4 is 0 Å². The van der Waals surface area contributed by atoms with Gasteiger partial charge in [-0.1, -0.05) is 0 Å². The normalized spacial score (nSPS) is 10.6. The Hall–Kier alpha value is -0.160. The monoisotopic (exact) mass is 191 g/mol. The van der Waals surface area contributed by atoms with Crippen LogP contribution in [0.2, 0.25) is 0 Å². The van der Waals surface area contributed by atoms with Crippen LogP contribution in [0, 0.1) is 7.11 Å². The highest BCUT2D eigenvalue weighted by molar-refractivity contribution is 4.33. The molecule has 0 bridgehead atoms. The van der Waals surface area contributed by atoms with Crippen LogP contribution in [0.1, 0.15) is 6.92 Å². The Labute approximate surface area is 80.1 Å². The van der Waals surface area contributed by atoms with Gasteiger partial charge in [-0.25, -0.2) is 0 Å². The maximum atomic E-state index is 5.21. The van der Waals surface area contributed by atoms with E-state index < -0.39 is 0 Å². The lowest BCUT2D eigenvalue weighted by molar-refractivity contribution is 0.00798. The van der Waals surface area contributed by atoms with E-state index in [4.69, 9.17) is 14.2 Å².